The molecule has 0 radical (unpaired) electrons. The molecule has 0 aliphatic heterocycles. The Morgan fingerprint density at radius 2 is 2.10 bits per heavy atom. The predicted molar refractivity (Wildman–Crippen MR) is 80.6 cm³/mol. The van der Waals surface area contributed by atoms with Crippen molar-refractivity contribution in [2.24, 2.45) is 0 Å². The van der Waals surface area contributed by atoms with Crippen molar-refractivity contribution in [1.29, 1.82) is 0 Å². The summed E-state index contributed by atoms with van der Waals surface area (Å²) in [4.78, 5) is 12.0. The Morgan fingerprint density at radius 3 is 2.80 bits per heavy atom. The minimum absolute atomic E-state index is 0.145. The van der Waals surface area contributed by atoms with Crippen LogP contribution >= 0.6 is 11.6 Å². The lowest BCUT2D eigenvalue weighted by Crippen LogP contribution is -2.26. The summed E-state index contributed by atoms with van der Waals surface area (Å²) in [7, 11) is 3.40. The number of carbonyl (C=O) groups excluding carboxylic acids is 1. The summed E-state index contributed by atoms with van der Waals surface area (Å²) < 4.78 is 10.2. The van der Waals surface area contributed by atoms with Gasteiger partial charge in [0.2, 0.25) is 0 Å². The molecule has 0 bridgehead atoms. The molecule has 0 fully saturated rings. The number of ether oxygens (including phenoxy) is 2. The Hall–Kier alpha value is -1.30. The number of rotatable bonds is 9. The number of benzene rings is 1. The molecule has 5 nitrogen and oxygen atoms in total. The van der Waals surface area contributed by atoms with Gasteiger partial charge in [-0.2, -0.15) is 0 Å². The summed E-state index contributed by atoms with van der Waals surface area (Å²) in [6.45, 7) is 2.31. The van der Waals surface area contributed by atoms with Gasteiger partial charge in [-0.15, -0.1) is 0 Å². The van der Waals surface area contributed by atoms with Gasteiger partial charge in [0.15, 0.2) is 0 Å². The number of methoxy groups -OCH3 is 1. The van der Waals surface area contributed by atoms with E-state index in [4.69, 9.17) is 21.1 Å². The van der Waals surface area contributed by atoms with Crippen molar-refractivity contribution in [3.8, 4) is 0 Å². The number of halogens is 1. The lowest BCUT2D eigenvalue weighted by molar-refractivity contribution is 0.0688. The van der Waals surface area contributed by atoms with E-state index >= 15 is 0 Å². The van der Waals surface area contributed by atoms with E-state index in [1.54, 1.807) is 32.4 Å². The van der Waals surface area contributed by atoms with Gasteiger partial charge >= 0.3 is 0 Å². The first-order chi connectivity index (χ1) is 9.69. The normalized spacial score (nSPS) is 10.3. The summed E-state index contributed by atoms with van der Waals surface area (Å²) in [5, 5.41) is 6.35. The van der Waals surface area contributed by atoms with Crippen LogP contribution in [-0.4, -0.2) is 46.4 Å². The highest BCUT2D eigenvalue weighted by atomic mass is 35.5. The summed E-state index contributed by atoms with van der Waals surface area (Å²) in [6, 6.07) is 5.18. The van der Waals surface area contributed by atoms with E-state index in [-0.39, 0.29) is 5.91 Å². The molecule has 0 unspecified atom stereocenters. The van der Waals surface area contributed by atoms with Crippen LogP contribution in [0.3, 0.4) is 0 Å². The highest BCUT2D eigenvalue weighted by Gasteiger charge is 2.10. The zero-order valence-electron chi connectivity index (χ0n) is 11.9. The molecular weight excluding hydrogens is 280 g/mol. The van der Waals surface area contributed by atoms with E-state index in [0.717, 1.165) is 12.1 Å². The van der Waals surface area contributed by atoms with Crippen molar-refractivity contribution in [1.82, 2.24) is 5.32 Å². The monoisotopic (exact) mass is 300 g/mol. The Bertz CT molecular complexity index is 427. The molecule has 0 aliphatic rings. The summed E-state index contributed by atoms with van der Waals surface area (Å²) in [5.41, 5.74) is 1.29. The highest BCUT2D eigenvalue weighted by molar-refractivity contribution is 6.31. The highest BCUT2D eigenvalue weighted by Crippen LogP contribution is 2.20. The Labute approximate surface area is 124 Å². The van der Waals surface area contributed by atoms with Gasteiger partial charge in [0.25, 0.3) is 5.91 Å². The molecule has 1 aromatic rings. The van der Waals surface area contributed by atoms with Crippen LogP contribution < -0.4 is 10.6 Å². The number of hydrogen-bond acceptors (Lipinski definition) is 4. The fraction of sp³-hybridized carbons (Fsp3) is 0.500. The van der Waals surface area contributed by atoms with Crippen molar-refractivity contribution in [2.75, 3.05) is 45.8 Å². The van der Waals surface area contributed by atoms with E-state index < -0.39 is 0 Å². The van der Waals surface area contributed by atoms with Gasteiger partial charge < -0.3 is 20.1 Å². The maximum Gasteiger partial charge on any atom is 0.253 e. The second-order valence-corrected chi connectivity index (χ2v) is 4.59. The zero-order chi connectivity index (χ0) is 14.8. The molecule has 0 spiro atoms. The van der Waals surface area contributed by atoms with Crippen LogP contribution in [0, 0.1) is 0 Å². The quantitative estimate of drug-likeness (QED) is 0.686. The van der Waals surface area contributed by atoms with Crippen molar-refractivity contribution in [2.45, 2.75) is 6.42 Å². The molecule has 0 saturated carbocycles. The number of nitrogens with one attached hydrogen (secondary N) is 2. The van der Waals surface area contributed by atoms with Crippen LogP contribution in [0.15, 0.2) is 18.2 Å². The number of hydrogen-bond donors (Lipinski definition) is 2. The van der Waals surface area contributed by atoms with Crippen molar-refractivity contribution in [3.63, 3.8) is 0 Å². The van der Waals surface area contributed by atoms with Crippen molar-refractivity contribution >= 4 is 23.2 Å². The second-order valence-electron chi connectivity index (χ2n) is 4.15. The second kappa shape index (κ2) is 9.58. The van der Waals surface area contributed by atoms with Gasteiger partial charge in [0, 0.05) is 38.0 Å². The van der Waals surface area contributed by atoms with E-state index in [2.05, 4.69) is 10.6 Å². The first kappa shape index (κ1) is 16.8. The summed E-state index contributed by atoms with van der Waals surface area (Å²) in [5.74, 6) is -0.145. The SMILES string of the molecule is CNc1ccc(Cl)cc1C(=O)NCCCOCCOC. The average Bonchev–Trinajstić information content (AvgIpc) is 2.46. The standard InChI is InChI=1S/C14H21ClN2O3/c1-16-13-5-4-11(15)10-12(13)14(18)17-6-3-7-20-9-8-19-2/h4-5,10,16H,3,6-9H2,1-2H3,(H,17,18). The molecule has 0 aliphatic carbocycles. The lowest BCUT2D eigenvalue weighted by atomic mass is 10.1. The van der Waals surface area contributed by atoms with Crippen LogP contribution in [0.4, 0.5) is 5.69 Å². The van der Waals surface area contributed by atoms with Gasteiger partial charge in [-0.1, -0.05) is 11.6 Å². The molecule has 0 saturated heterocycles. The molecule has 0 atom stereocenters. The summed E-state index contributed by atoms with van der Waals surface area (Å²) >= 11 is 5.91. The van der Waals surface area contributed by atoms with Crippen LogP contribution in [0.2, 0.25) is 5.02 Å². The van der Waals surface area contributed by atoms with Gasteiger partial charge in [0.05, 0.1) is 18.8 Å². The molecule has 1 amide bonds. The van der Waals surface area contributed by atoms with Gasteiger partial charge in [-0.25, -0.2) is 0 Å². The van der Waals surface area contributed by atoms with Crippen LogP contribution in [0.5, 0.6) is 0 Å². The number of amides is 1. The minimum Gasteiger partial charge on any atom is -0.387 e. The fourth-order valence-corrected chi connectivity index (χ4v) is 1.81. The smallest absolute Gasteiger partial charge is 0.253 e. The third kappa shape index (κ3) is 5.77. The van der Waals surface area contributed by atoms with Gasteiger partial charge in [-0.05, 0) is 24.6 Å². The molecule has 112 valence electrons. The molecule has 6 heteroatoms. The van der Waals surface area contributed by atoms with Crippen LogP contribution in [0.25, 0.3) is 0 Å². The molecule has 0 heterocycles. The van der Waals surface area contributed by atoms with Crippen molar-refractivity contribution < 1.29 is 14.3 Å². The zero-order valence-corrected chi connectivity index (χ0v) is 12.6. The number of anilines is 1. The fourth-order valence-electron chi connectivity index (χ4n) is 1.64. The molecule has 1 rings (SSSR count). The third-order valence-corrected chi connectivity index (χ3v) is 2.91. The van der Waals surface area contributed by atoms with Crippen LogP contribution in [0.1, 0.15) is 16.8 Å². The lowest BCUT2D eigenvalue weighted by Gasteiger charge is -2.10. The molecular formula is C14H21ClN2O3. The van der Waals surface area contributed by atoms with E-state index in [1.165, 1.54) is 0 Å². The van der Waals surface area contributed by atoms with Gasteiger partial charge in [-0.3, -0.25) is 4.79 Å². The average molecular weight is 301 g/mol. The maximum atomic E-state index is 12.0. The van der Waals surface area contributed by atoms with E-state index in [1.807, 2.05) is 0 Å². The Morgan fingerprint density at radius 1 is 1.30 bits per heavy atom. The largest absolute Gasteiger partial charge is 0.387 e. The Balaban J connectivity index is 2.34. The maximum absolute atomic E-state index is 12.0. The van der Waals surface area contributed by atoms with Crippen molar-refractivity contribution in [3.05, 3.63) is 28.8 Å². The number of carbonyl (C=O) groups is 1. The van der Waals surface area contributed by atoms with Crippen LogP contribution in [-0.2, 0) is 9.47 Å². The first-order valence-electron chi connectivity index (χ1n) is 6.51. The molecule has 0 aromatic heterocycles. The third-order valence-electron chi connectivity index (χ3n) is 2.68. The molecule has 20 heavy (non-hydrogen) atoms. The predicted octanol–water partition coefficient (Wildman–Crippen LogP) is 2.16. The Kier molecular flexibility index (Phi) is 8.02. The van der Waals surface area contributed by atoms with Gasteiger partial charge in [0.1, 0.15) is 0 Å². The molecule has 2 N–H and O–H groups in total. The first-order valence-corrected chi connectivity index (χ1v) is 6.89. The minimum atomic E-state index is -0.145. The van der Waals surface area contributed by atoms with E-state index in [0.29, 0.717) is 37.0 Å². The van der Waals surface area contributed by atoms with E-state index in [9.17, 15) is 4.79 Å². The molecule has 1 aromatic carbocycles. The topological polar surface area (TPSA) is 59.6 Å². The summed E-state index contributed by atoms with van der Waals surface area (Å²) in [6.07, 6.45) is 0.755.